The number of halogens is 1. The zero-order valence-corrected chi connectivity index (χ0v) is 13.6. The van der Waals surface area contributed by atoms with Gasteiger partial charge in [0, 0.05) is 10.2 Å². The number of aryl methyl sites for hydroxylation is 3. The summed E-state index contributed by atoms with van der Waals surface area (Å²) in [6.45, 7) is 7.65. The van der Waals surface area contributed by atoms with E-state index in [0.29, 0.717) is 11.4 Å². The number of nitrogens with one attached hydrogen (secondary N) is 2. The second kappa shape index (κ2) is 5.79. The third-order valence-electron chi connectivity index (χ3n) is 3.27. The van der Waals surface area contributed by atoms with Crippen molar-refractivity contribution in [2.24, 2.45) is 0 Å². The van der Waals surface area contributed by atoms with E-state index in [4.69, 9.17) is 0 Å². The van der Waals surface area contributed by atoms with Crippen LogP contribution in [0.4, 0.5) is 5.69 Å². The Kier molecular flexibility index (Phi) is 4.28. The van der Waals surface area contributed by atoms with E-state index < -0.39 is 0 Å². The third-order valence-corrected chi connectivity index (χ3v) is 3.76. The van der Waals surface area contributed by atoms with Crippen molar-refractivity contribution in [1.29, 1.82) is 0 Å². The fourth-order valence-electron chi connectivity index (χ4n) is 2.30. The lowest BCUT2D eigenvalue weighted by atomic mass is 10.1. The number of hydrogen-bond acceptors (Lipinski definition) is 3. The molecule has 0 fully saturated rings. The first-order valence-electron chi connectivity index (χ1n) is 6.48. The number of hydrogen-bond donors (Lipinski definition) is 2. The van der Waals surface area contributed by atoms with E-state index >= 15 is 0 Å². The van der Waals surface area contributed by atoms with Crippen LogP contribution in [0.1, 0.15) is 35.6 Å². The Morgan fingerprint density at radius 3 is 2.65 bits per heavy atom. The lowest BCUT2D eigenvalue weighted by Crippen LogP contribution is -2.23. The van der Waals surface area contributed by atoms with Crippen LogP contribution in [-0.2, 0) is 0 Å². The van der Waals surface area contributed by atoms with Gasteiger partial charge in [0.05, 0.1) is 17.3 Å². The van der Waals surface area contributed by atoms with Crippen LogP contribution in [0.3, 0.4) is 0 Å². The van der Waals surface area contributed by atoms with Crippen LogP contribution in [0, 0.1) is 20.8 Å². The highest BCUT2D eigenvalue weighted by atomic mass is 79.9. The lowest BCUT2D eigenvalue weighted by Gasteiger charge is -2.18. The molecule has 20 heavy (non-hydrogen) atoms. The molecule has 1 unspecified atom stereocenters. The monoisotopic (exact) mass is 335 g/mol. The molecule has 2 aromatic rings. The van der Waals surface area contributed by atoms with Crippen molar-refractivity contribution in [1.82, 2.24) is 9.97 Å². The quantitative estimate of drug-likeness (QED) is 0.900. The zero-order valence-electron chi connectivity index (χ0n) is 12.0. The number of anilines is 1. The lowest BCUT2D eigenvalue weighted by molar-refractivity contribution is 0.812. The Morgan fingerprint density at radius 1 is 1.30 bits per heavy atom. The summed E-state index contributed by atoms with van der Waals surface area (Å²) in [5, 5.41) is 3.38. The smallest absolute Gasteiger partial charge is 0.256 e. The van der Waals surface area contributed by atoms with E-state index in [1.165, 1.54) is 0 Å². The number of nitrogens with zero attached hydrogens (tertiary/aromatic N) is 1. The maximum atomic E-state index is 12.1. The van der Waals surface area contributed by atoms with E-state index in [1.54, 1.807) is 6.92 Å². The molecule has 2 rings (SSSR count). The Bertz CT molecular complexity index is 694. The molecule has 1 atom stereocenters. The molecule has 0 saturated heterocycles. The largest absolute Gasteiger partial charge is 0.378 e. The van der Waals surface area contributed by atoms with Crippen molar-refractivity contribution in [2.45, 2.75) is 33.7 Å². The van der Waals surface area contributed by atoms with Crippen molar-refractivity contribution in [3.63, 3.8) is 0 Å². The fourth-order valence-corrected chi connectivity index (χ4v) is 2.66. The fraction of sp³-hybridized carbons (Fsp3) is 0.333. The van der Waals surface area contributed by atoms with Gasteiger partial charge in [-0.15, -0.1) is 0 Å². The number of benzene rings is 1. The highest BCUT2D eigenvalue weighted by Gasteiger charge is 2.15. The summed E-state index contributed by atoms with van der Waals surface area (Å²) in [7, 11) is 0. The number of aromatic amines is 1. The molecular weight excluding hydrogens is 318 g/mol. The van der Waals surface area contributed by atoms with Crippen molar-refractivity contribution < 1.29 is 0 Å². The minimum atomic E-state index is -0.111. The van der Waals surface area contributed by atoms with E-state index in [0.717, 1.165) is 21.4 Å². The molecule has 1 aromatic heterocycles. The van der Waals surface area contributed by atoms with Gasteiger partial charge < -0.3 is 10.3 Å². The van der Waals surface area contributed by atoms with Crippen molar-refractivity contribution >= 4 is 21.6 Å². The summed E-state index contributed by atoms with van der Waals surface area (Å²) in [6.07, 6.45) is 0. The summed E-state index contributed by atoms with van der Waals surface area (Å²) in [6, 6.07) is 5.93. The summed E-state index contributed by atoms with van der Waals surface area (Å²) >= 11 is 3.46. The van der Waals surface area contributed by atoms with Crippen LogP contribution in [0.2, 0.25) is 0 Å². The van der Waals surface area contributed by atoms with Gasteiger partial charge in [0.25, 0.3) is 5.56 Å². The van der Waals surface area contributed by atoms with Gasteiger partial charge >= 0.3 is 0 Å². The SMILES string of the molecule is Cc1nc(C)c(C(C)Nc2cc(Br)ccc2C)c(=O)[nH]1. The van der Waals surface area contributed by atoms with Crippen LogP contribution in [0.25, 0.3) is 0 Å². The molecule has 0 radical (unpaired) electrons. The Labute approximate surface area is 126 Å². The molecule has 1 heterocycles. The molecule has 0 aliphatic carbocycles. The van der Waals surface area contributed by atoms with Gasteiger partial charge in [-0.1, -0.05) is 22.0 Å². The predicted molar refractivity (Wildman–Crippen MR) is 85.2 cm³/mol. The summed E-state index contributed by atoms with van der Waals surface area (Å²) < 4.78 is 1.01. The van der Waals surface area contributed by atoms with E-state index in [1.807, 2.05) is 39.0 Å². The van der Waals surface area contributed by atoms with Crippen LogP contribution in [-0.4, -0.2) is 9.97 Å². The first-order chi connectivity index (χ1) is 9.38. The maximum absolute atomic E-state index is 12.1. The van der Waals surface area contributed by atoms with Crippen LogP contribution in [0.5, 0.6) is 0 Å². The van der Waals surface area contributed by atoms with Crippen molar-refractivity contribution in [2.75, 3.05) is 5.32 Å². The molecule has 0 bridgehead atoms. The van der Waals surface area contributed by atoms with Gasteiger partial charge in [0.2, 0.25) is 0 Å². The molecule has 5 heteroatoms. The van der Waals surface area contributed by atoms with Gasteiger partial charge in [-0.05, 0) is 45.4 Å². The van der Waals surface area contributed by atoms with Gasteiger partial charge in [-0.2, -0.15) is 0 Å². The molecule has 0 amide bonds. The number of H-pyrrole nitrogens is 1. The van der Waals surface area contributed by atoms with E-state index in [9.17, 15) is 4.79 Å². The van der Waals surface area contributed by atoms with Crippen LogP contribution < -0.4 is 10.9 Å². The second-order valence-corrected chi connectivity index (χ2v) is 5.89. The molecule has 0 spiro atoms. The first-order valence-corrected chi connectivity index (χ1v) is 7.28. The predicted octanol–water partition coefficient (Wildman–Crippen LogP) is 3.63. The minimum Gasteiger partial charge on any atom is -0.378 e. The zero-order chi connectivity index (χ0) is 14.9. The minimum absolute atomic E-state index is 0.0809. The Balaban J connectivity index is 2.36. The Morgan fingerprint density at radius 2 is 2.00 bits per heavy atom. The topological polar surface area (TPSA) is 57.8 Å². The summed E-state index contributed by atoms with van der Waals surface area (Å²) in [4.78, 5) is 19.2. The molecular formula is C15H18BrN3O. The average molecular weight is 336 g/mol. The molecule has 4 nitrogen and oxygen atoms in total. The van der Waals surface area contributed by atoms with Gasteiger partial charge in [-0.3, -0.25) is 4.79 Å². The molecule has 2 N–H and O–H groups in total. The molecule has 0 saturated carbocycles. The highest BCUT2D eigenvalue weighted by molar-refractivity contribution is 9.10. The van der Waals surface area contributed by atoms with Crippen molar-refractivity contribution in [3.8, 4) is 0 Å². The van der Waals surface area contributed by atoms with Gasteiger partial charge in [0.15, 0.2) is 0 Å². The standard InChI is InChI=1S/C15H18BrN3O/c1-8-5-6-12(16)7-13(8)18-10(3)14-9(2)17-11(4)19-15(14)20/h5-7,10,18H,1-4H3,(H,17,19,20). The average Bonchev–Trinajstić information content (AvgIpc) is 2.32. The molecule has 0 aliphatic heterocycles. The second-order valence-electron chi connectivity index (χ2n) is 4.98. The third kappa shape index (κ3) is 3.10. The first kappa shape index (κ1) is 14.8. The highest BCUT2D eigenvalue weighted by Crippen LogP contribution is 2.25. The van der Waals surface area contributed by atoms with Crippen molar-refractivity contribution in [3.05, 3.63) is 55.7 Å². The Hall–Kier alpha value is -1.62. The van der Waals surface area contributed by atoms with Gasteiger partial charge in [-0.25, -0.2) is 4.98 Å². The van der Waals surface area contributed by atoms with Crippen LogP contribution >= 0.6 is 15.9 Å². The summed E-state index contributed by atoms with van der Waals surface area (Å²) in [5.74, 6) is 0.641. The maximum Gasteiger partial charge on any atom is 0.256 e. The molecule has 0 aliphatic rings. The van der Waals surface area contributed by atoms with E-state index in [-0.39, 0.29) is 11.6 Å². The van der Waals surface area contributed by atoms with E-state index in [2.05, 4.69) is 31.2 Å². The number of rotatable bonds is 3. The normalized spacial score (nSPS) is 12.2. The van der Waals surface area contributed by atoms with Gasteiger partial charge in [0.1, 0.15) is 5.82 Å². The molecule has 1 aromatic carbocycles. The molecule has 106 valence electrons. The number of aromatic nitrogens is 2. The van der Waals surface area contributed by atoms with Crippen LogP contribution in [0.15, 0.2) is 27.5 Å². The summed E-state index contributed by atoms with van der Waals surface area (Å²) in [5.41, 5.74) is 3.50.